The maximum absolute atomic E-state index is 6.19. The second kappa shape index (κ2) is 7.84. The van der Waals surface area contributed by atoms with Crippen molar-refractivity contribution >= 4 is 0 Å². The van der Waals surface area contributed by atoms with Crippen LogP contribution in [0.1, 0.15) is 52.0 Å². The second-order valence-electron chi connectivity index (χ2n) is 7.03. The maximum atomic E-state index is 6.19. The van der Waals surface area contributed by atoms with Crippen molar-refractivity contribution in [2.24, 2.45) is 11.8 Å². The van der Waals surface area contributed by atoms with Gasteiger partial charge in [-0.05, 0) is 75.6 Å². The Morgan fingerprint density at radius 3 is 2.29 bits per heavy atom. The van der Waals surface area contributed by atoms with Gasteiger partial charge in [0.25, 0.3) is 0 Å². The molecular formula is C19H31NO. The van der Waals surface area contributed by atoms with Crippen LogP contribution in [0.15, 0.2) is 24.3 Å². The Hall–Kier alpha value is -1.02. The molecule has 2 nitrogen and oxygen atoms in total. The molecule has 2 heteroatoms. The molecule has 0 saturated heterocycles. The van der Waals surface area contributed by atoms with Gasteiger partial charge in [-0.25, -0.2) is 0 Å². The minimum Gasteiger partial charge on any atom is -0.490 e. The molecule has 0 bridgehead atoms. The molecular weight excluding hydrogens is 258 g/mol. The van der Waals surface area contributed by atoms with E-state index in [1.54, 1.807) is 0 Å². The van der Waals surface area contributed by atoms with Crippen molar-refractivity contribution in [2.75, 3.05) is 7.05 Å². The molecule has 0 heterocycles. The van der Waals surface area contributed by atoms with Crippen LogP contribution in [0.25, 0.3) is 0 Å². The van der Waals surface area contributed by atoms with Crippen molar-refractivity contribution in [1.29, 1.82) is 0 Å². The van der Waals surface area contributed by atoms with Gasteiger partial charge in [-0.2, -0.15) is 0 Å². The molecule has 1 aromatic rings. The first-order valence-corrected chi connectivity index (χ1v) is 8.49. The largest absolute Gasteiger partial charge is 0.490 e. The zero-order valence-corrected chi connectivity index (χ0v) is 14.1. The van der Waals surface area contributed by atoms with E-state index in [9.17, 15) is 0 Å². The normalized spacial score (nSPS) is 27.3. The molecule has 0 aromatic heterocycles. The first-order valence-electron chi connectivity index (χ1n) is 8.49. The Kier molecular flexibility index (Phi) is 6.10. The van der Waals surface area contributed by atoms with E-state index in [-0.39, 0.29) is 0 Å². The van der Waals surface area contributed by atoms with Gasteiger partial charge in [0, 0.05) is 6.04 Å². The Bertz CT molecular complexity index is 404. The highest BCUT2D eigenvalue weighted by Gasteiger charge is 2.25. The second-order valence-corrected chi connectivity index (χ2v) is 7.03. The van der Waals surface area contributed by atoms with Crippen molar-refractivity contribution in [2.45, 2.75) is 65.0 Å². The number of benzene rings is 1. The summed E-state index contributed by atoms with van der Waals surface area (Å²) in [5.41, 5.74) is 1.40. The van der Waals surface area contributed by atoms with Gasteiger partial charge in [-0.1, -0.05) is 26.0 Å². The van der Waals surface area contributed by atoms with Crippen LogP contribution in [0, 0.1) is 11.8 Å². The van der Waals surface area contributed by atoms with Crippen LogP contribution in [0.2, 0.25) is 0 Å². The Morgan fingerprint density at radius 1 is 1.10 bits per heavy atom. The lowest BCUT2D eigenvalue weighted by Crippen LogP contribution is -2.28. The summed E-state index contributed by atoms with van der Waals surface area (Å²) in [4.78, 5) is 0. The number of ether oxygens (including phenoxy) is 1. The average Bonchev–Trinajstić information content (AvgIpc) is 2.45. The van der Waals surface area contributed by atoms with Crippen LogP contribution in [-0.2, 0) is 6.42 Å². The number of hydrogen-bond acceptors (Lipinski definition) is 2. The average molecular weight is 289 g/mol. The van der Waals surface area contributed by atoms with E-state index in [1.807, 2.05) is 7.05 Å². The van der Waals surface area contributed by atoms with Crippen LogP contribution in [0.4, 0.5) is 0 Å². The molecule has 1 saturated carbocycles. The third-order valence-electron chi connectivity index (χ3n) is 4.72. The number of nitrogens with one attached hydrogen (secondary N) is 1. The molecule has 2 rings (SSSR count). The molecule has 21 heavy (non-hydrogen) atoms. The fraction of sp³-hybridized carbons (Fsp3) is 0.684. The highest BCUT2D eigenvalue weighted by atomic mass is 16.5. The van der Waals surface area contributed by atoms with E-state index in [0.29, 0.717) is 12.1 Å². The fourth-order valence-corrected chi connectivity index (χ4v) is 3.42. The van der Waals surface area contributed by atoms with Crippen molar-refractivity contribution < 1.29 is 4.74 Å². The predicted octanol–water partition coefficient (Wildman–Crippen LogP) is 4.43. The lowest BCUT2D eigenvalue weighted by molar-refractivity contribution is 0.101. The van der Waals surface area contributed by atoms with Gasteiger partial charge < -0.3 is 10.1 Å². The fourth-order valence-electron chi connectivity index (χ4n) is 3.42. The van der Waals surface area contributed by atoms with Crippen LogP contribution in [-0.4, -0.2) is 19.2 Å². The molecule has 0 radical (unpaired) electrons. The smallest absolute Gasteiger partial charge is 0.119 e. The molecule has 1 aliphatic carbocycles. The number of rotatable bonds is 6. The SMILES string of the molecule is CNC(C)CCc1ccc(OC2CC(C)CC(C)C2)cc1. The van der Waals surface area contributed by atoms with Crippen LogP contribution >= 0.6 is 0 Å². The summed E-state index contributed by atoms with van der Waals surface area (Å²) in [6.45, 7) is 6.92. The van der Waals surface area contributed by atoms with Gasteiger partial charge >= 0.3 is 0 Å². The first kappa shape index (κ1) is 16.4. The summed E-state index contributed by atoms with van der Waals surface area (Å²) in [7, 11) is 2.02. The molecule has 0 amide bonds. The maximum Gasteiger partial charge on any atom is 0.119 e. The summed E-state index contributed by atoms with van der Waals surface area (Å²) < 4.78 is 6.19. The monoisotopic (exact) mass is 289 g/mol. The molecule has 3 unspecified atom stereocenters. The molecule has 0 aliphatic heterocycles. The first-order chi connectivity index (χ1) is 10.1. The summed E-state index contributed by atoms with van der Waals surface area (Å²) >= 11 is 0. The molecule has 1 aliphatic rings. The van der Waals surface area contributed by atoms with E-state index in [0.717, 1.165) is 24.0 Å². The van der Waals surface area contributed by atoms with E-state index in [1.165, 1.54) is 31.2 Å². The molecule has 0 spiro atoms. The van der Waals surface area contributed by atoms with Gasteiger partial charge in [-0.15, -0.1) is 0 Å². The molecule has 1 N–H and O–H groups in total. The molecule has 3 atom stereocenters. The van der Waals surface area contributed by atoms with Gasteiger partial charge in [0.15, 0.2) is 0 Å². The van der Waals surface area contributed by atoms with Gasteiger partial charge in [0.05, 0.1) is 6.10 Å². The standard InChI is InChI=1S/C19H31NO/c1-14-11-15(2)13-19(12-14)21-18-9-7-17(8-10-18)6-5-16(3)20-4/h7-10,14-16,19-20H,5-6,11-13H2,1-4H3. The zero-order valence-electron chi connectivity index (χ0n) is 14.1. The minimum atomic E-state index is 0.402. The highest BCUT2D eigenvalue weighted by Crippen LogP contribution is 2.31. The van der Waals surface area contributed by atoms with E-state index in [4.69, 9.17) is 4.74 Å². The number of hydrogen-bond donors (Lipinski definition) is 1. The summed E-state index contributed by atoms with van der Waals surface area (Å²) in [5.74, 6) is 2.62. The van der Waals surface area contributed by atoms with E-state index < -0.39 is 0 Å². The third-order valence-corrected chi connectivity index (χ3v) is 4.72. The van der Waals surface area contributed by atoms with Gasteiger partial charge in [0.1, 0.15) is 5.75 Å². The Labute approximate surface area is 130 Å². The molecule has 1 fully saturated rings. The van der Waals surface area contributed by atoms with Crippen LogP contribution in [0.5, 0.6) is 5.75 Å². The zero-order chi connectivity index (χ0) is 15.2. The van der Waals surface area contributed by atoms with E-state index >= 15 is 0 Å². The predicted molar refractivity (Wildman–Crippen MR) is 89.9 cm³/mol. The third kappa shape index (κ3) is 5.35. The molecule has 118 valence electrons. The van der Waals surface area contributed by atoms with Gasteiger partial charge in [0.2, 0.25) is 0 Å². The van der Waals surface area contributed by atoms with Crippen molar-refractivity contribution in [3.63, 3.8) is 0 Å². The van der Waals surface area contributed by atoms with Crippen molar-refractivity contribution in [1.82, 2.24) is 5.32 Å². The van der Waals surface area contributed by atoms with Crippen molar-refractivity contribution in [3.05, 3.63) is 29.8 Å². The Balaban J connectivity index is 1.84. The quantitative estimate of drug-likeness (QED) is 0.836. The summed E-state index contributed by atoms with van der Waals surface area (Å²) in [6, 6.07) is 9.29. The Morgan fingerprint density at radius 2 is 1.71 bits per heavy atom. The van der Waals surface area contributed by atoms with Gasteiger partial charge in [-0.3, -0.25) is 0 Å². The summed E-state index contributed by atoms with van der Waals surface area (Å²) in [6.07, 6.45) is 6.45. The highest BCUT2D eigenvalue weighted by molar-refractivity contribution is 5.27. The number of aryl methyl sites for hydroxylation is 1. The minimum absolute atomic E-state index is 0.402. The van der Waals surface area contributed by atoms with E-state index in [2.05, 4.69) is 50.4 Å². The molecule has 1 aromatic carbocycles. The lowest BCUT2D eigenvalue weighted by Gasteiger charge is -2.31. The van der Waals surface area contributed by atoms with Crippen LogP contribution < -0.4 is 10.1 Å². The van der Waals surface area contributed by atoms with Crippen LogP contribution in [0.3, 0.4) is 0 Å². The lowest BCUT2D eigenvalue weighted by atomic mass is 9.82. The topological polar surface area (TPSA) is 21.3 Å². The summed E-state index contributed by atoms with van der Waals surface area (Å²) in [5, 5.41) is 3.28. The van der Waals surface area contributed by atoms with Crippen molar-refractivity contribution in [3.8, 4) is 5.75 Å².